The molecule has 5 nitrogen and oxygen atoms in total. The summed E-state index contributed by atoms with van der Waals surface area (Å²) in [4.78, 5) is 4.40. The monoisotopic (exact) mass is 286 g/mol. The smallest absolute Gasteiger partial charge is 0.209 e. The quantitative estimate of drug-likeness (QED) is 0.826. The first-order valence-corrected chi connectivity index (χ1v) is 8.17. The maximum atomic E-state index is 11.1. The molecule has 0 bridgehead atoms. The summed E-state index contributed by atoms with van der Waals surface area (Å²) < 4.78 is 27.9. The number of hydrogen-bond acceptors (Lipinski definition) is 4. The Hall–Kier alpha value is -1.14. The minimum atomic E-state index is -3.46. The van der Waals surface area contributed by atoms with Crippen molar-refractivity contribution >= 4 is 10.0 Å². The summed E-state index contributed by atoms with van der Waals surface area (Å²) >= 11 is 0. The van der Waals surface area contributed by atoms with Crippen LogP contribution < -0.4 is 9.88 Å². The molecule has 0 aliphatic rings. The number of ether oxygens (including phenoxy) is 1. The zero-order valence-corrected chi connectivity index (χ0v) is 12.5. The third-order valence-corrected chi connectivity index (χ3v) is 3.86. The van der Waals surface area contributed by atoms with Crippen LogP contribution in [0.2, 0.25) is 0 Å². The molecule has 0 amide bonds. The van der Waals surface area contributed by atoms with Gasteiger partial charge in [-0.25, -0.2) is 13.6 Å². The zero-order chi connectivity index (χ0) is 14.5. The van der Waals surface area contributed by atoms with E-state index in [-0.39, 0.29) is 11.7 Å². The van der Waals surface area contributed by atoms with Crippen molar-refractivity contribution in [1.29, 1.82) is 0 Å². The van der Waals surface area contributed by atoms with Crippen LogP contribution in [0.1, 0.15) is 31.7 Å². The van der Waals surface area contributed by atoms with Crippen LogP contribution in [-0.4, -0.2) is 25.8 Å². The molecule has 1 aromatic rings. The third-order valence-electron chi connectivity index (χ3n) is 2.93. The van der Waals surface area contributed by atoms with Gasteiger partial charge in [-0.3, -0.25) is 4.98 Å². The zero-order valence-electron chi connectivity index (χ0n) is 11.7. The highest BCUT2D eigenvalue weighted by molar-refractivity contribution is 7.89. The van der Waals surface area contributed by atoms with E-state index in [1.165, 1.54) is 0 Å². The number of nitrogens with two attached hydrogens (primary N) is 1. The van der Waals surface area contributed by atoms with E-state index in [1.54, 1.807) is 0 Å². The van der Waals surface area contributed by atoms with E-state index < -0.39 is 10.0 Å². The number of nitrogens with zero attached hydrogens (tertiary/aromatic N) is 1. The Bertz CT molecular complexity index is 515. The molecule has 0 fully saturated rings. The first-order valence-electron chi connectivity index (χ1n) is 6.45. The Labute approximate surface area is 115 Å². The molecule has 0 radical (unpaired) electrons. The molecule has 19 heavy (non-hydrogen) atoms. The fourth-order valence-corrected chi connectivity index (χ4v) is 2.79. The van der Waals surface area contributed by atoms with Gasteiger partial charge in [0, 0.05) is 11.6 Å². The highest BCUT2D eigenvalue weighted by Crippen LogP contribution is 2.19. The van der Waals surface area contributed by atoms with Gasteiger partial charge in [-0.05, 0) is 31.9 Å². The van der Waals surface area contributed by atoms with Crippen LogP contribution >= 0.6 is 0 Å². The topological polar surface area (TPSA) is 82.3 Å². The van der Waals surface area contributed by atoms with Crippen LogP contribution in [0, 0.1) is 12.8 Å². The summed E-state index contributed by atoms with van der Waals surface area (Å²) in [7, 11) is -3.46. The predicted molar refractivity (Wildman–Crippen MR) is 75.6 cm³/mol. The molecular weight excluding hydrogens is 264 g/mol. The average molecular weight is 286 g/mol. The molecule has 6 heteroatoms. The van der Waals surface area contributed by atoms with Gasteiger partial charge in [-0.2, -0.15) is 0 Å². The molecule has 108 valence electrons. The Balaban J connectivity index is 2.69. The predicted octanol–water partition coefficient (Wildman–Crippen LogP) is 1.65. The van der Waals surface area contributed by atoms with Crippen LogP contribution in [0.4, 0.5) is 0 Å². The van der Waals surface area contributed by atoms with Crippen molar-refractivity contribution in [2.24, 2.45) is 11.1 Å². The number of aromatic nitrogens is 1. The average Bonchev–Trinajstić information content (AvgIpc) is 2.34. The number of pyridine rings is 1. The number of primary sulfonamides is 1. The second kappa shape index (κ2) is 6.86. The molecule has 1 unspecified atom stereocenters. The number of sulfonamides is 1. The summed E-state index contributed by atoms with van der Waals surface area (Å²) in [5.41, 5.74) is 1.84. The molecular formula is C13H22N2O3S. The van der Waals surface area contributed by atoms with E-state index in [0.717, 1.165) is 23.6 Å². The molecule has 1 atom stereocenters. The Morgan fingerprint density at radius 3 is 2.58 bits per heavy atom. The second-order valence-corrected chi connectivity index (χ2v) is 6.32. The Kier molecular flexibility index (Phi) is 5.75. The van der Waals surface area contributed by atoms with Gasteiger partial charge < -0.3 is 4.74 Å². The summed E-state index contributed by atoms with van der Waals surface area (Å²) in [6.07, 6.45) is 1.49. The maximum absolute atomic E-state index is 11.1. The summed E-state index contributed by atoms with van der Waals surface area (Å²) in [6.45, 7) is 6.20. The van der Waals surface area contributed by atoms with Gasteiger partial charge >= 0.3 is 0 Å². The van der Waals surface area contributed by atoms with Gasteiger partial charge in [0.25, 0.3) is 0 Å². The first-order chi connectivity index (χ1) is 8.85. The lowest BCUT2D eigenvalue weighted by Gasteiger charge is -2.16. The molecule has 0 aromatic carbocycles. The van der Waals surface area contributed by atoms with Crippen molar-refractivity contribution in [3.8, 4) is 5.75 Å². The lowest BCUT2D eigenvalue weighted by molar-refractivity contribution is 0.254. The highest BCUT2D eigenvalue weighted by atomic mass is 32.2. The van der Waals surface area contributed by atoms with Crippen molar-refractivity contribution in [2.75, 3.05) is 12.4 Å². The molecule has 0 saturated heterocycles. The van der Waals surface area contributed by atoms with Gasteiger partial charge in [0.05, 0.1) is 18.1 Å². The molecule has 1 aromatic heterocycles. The Morgan fingerprint density at radius 1 is 1.37 bits per heavy atom. The van der Waals surface area contributed by atoms with Crippen molar-refractivity contribution in [2.45, 2.75) is 33.6 Å². The van der Waals surface area contributed by atoms with E-state index in [0.29, 0.717) is 13.0 Å². The number of hydrogen-bond donors (Lipinski definition) is 1. The fraction of sp³-hybridized carbons (Fsp3) is 0.615. The van der Waals surface area contributed by atoms with Crippen LogP contribution in [-0.2, 0) is 16.4 Å². The minimum absolute atomic E-state index is 0.0513. The van der Waals surface area contributed by atoms with Crippen molar-refractivity contribution in [3.05, 3.63) is 23.5 Å². The Morgan fingerprint density at radius 2 is 2.05 bits per heavy atom. The van der Waals surface area contributed by atoms with E-state index in [1.807, 2.05) is 32.9 Å². The van der Waals surface area contributed by atoms with Crippen LogP contribution in [0.5, 0.6) is 5.75 Å². The molecule has 0 aliphatic heterocycles. The van der Waals surface area contributed by atoms with Crippen LogP contribution in [0.3, 0.4) is 0 Å². The normalized spacial score (nSPS) is 13.3. The highest BCUT2D eigenvalue weighted by Gasteiger charge is 2.15. The number of aryl methyl sites for hydroxylation is 2. The SMILES string of the molecule is CCc1nc(C)ccc1OCC(CC)CS(N)(=O)=O. The lowest BCUT2D eigenvalue weighted by atomic mass is 10.1. The second-order valence-electron chi connectivity index (χ2n) is 4.67. The van der Waals surface area contributed by atoms with Crippen molar-refractivity contribution in [3.63, 3.8) is 0 Å². The molecule has 1 rings (SSSR count). The molecule has 1 heterocycles. The molecule has 2 N–H and O–H groups in total. The van der Waals surface area contributed by atoms with Crippen LogP contribution in [0.15, 0.2) is 12.1 Å². The van der Waals surface area contributed by atoms with E-state index in [9.17, 15) is 8.42 Å². The van der Waals surface area contributed by atoms with Crippen molar-refractivity contribution < 1.29 is 13.2 Å². The fourth-order valence-electron chi connectivity index (χ4n) is 1.80. The lowest BCUT2D eigenvalue weighted by Crippen LogP contribution is -2.26. The van der Waals surface area contributed by atoms with Crippen LogP contribution in [0.25, 0.3) is 0 Å². The van der Waals surface area contributed by atoms with E-state index in [4.69, 9.17) is 9.88 Å². The summed E-state index contributed by atoms with van der Waals surface area (Å²) in [5, 5.41) is 5.06. The summed E-state index contributed by atoms with van der Waals surface area (Å²) in [6, 6.07) is 3.76. The van der Waals surface area contributed by atoms with Gasteiger partial charge in [-0.15, -0.1) is 0 Å². The van der Waals surface area contributed by atoms with Gasteiger partial charge in [0.1, 0.15) is 5.75 Å². The number of rotatable bonds is 7. The first kappa shape index (κ1) is 15.9. The van der Waals surface area contributed by atoms with E-state index >= 15 is 0 Å². The molecule has 0 aliphatic carbocycles. The largest absolute Gasteiger partial charge is 0.491 e. The van der Waals surface area contributed by atoms with E-state index in [2.05, 4.69) is 4.98 Å². The molecule has 0 spiro atoms. The van der Waals surface area contributed by atoms with Gasteiger partial charge in [-0.1, -0.05) is 13.8 Å². The standard InChI is InChI=1S/C13H22N2O3S/c1-4-11(9-19(14,16)17)8-18-13-7-6-10(3)15-12(13)5-2/h6-7,11H,4-5,8-9H2,1-3H3,(H2,14,16,17). The maximum Gasteiger partial charge on any atom is 0.209 e. The third kappa shape index (κ3) is 5.57. The van der Waals surface area contributed by atoms with Gasteiger partial charge in [0.2, 0.25) is 10.0 Å². The molecule has 0 saturated carbocycles. The van der Waals surface area contributed by atoms with Gasteiger partial charge in [0.15, 0.2) is 0 Å². The minimum Gasteiger partial charge on any atom is -0.491 e. The summed E-state index contributed by atoms with van der Waals surface area (Å²) in [5.74, 6) is 0.575. The van der Waals surface area contributed by atoms with Crippen molar-refractivity contribution in [1.82, 2.24) is 4.98 Å².